The van der Waals surface area contributed by atoms with Crippen LogP contribution in [-0.2, 0) is 23.6 Å². The van der Waals surface area contributed by atoms with Crippen LogP contribution in [0.25, 0.3) is 0 Å². The summed E-state index contributed by atoms with van der Waals surface area (Å²) in [5.74, 6) is 0.846. The van der Waals surface area contributed by atoms with Gasteiger partial charge in [-0.05, 0) is 87.3 Å². The summed E-state index contributed by atoms with van der Waals surface area (Å²) >= 11 is 0. The Hall–Kier alpha value is -1.78. The standard InChI is InChI=1S/C23H28N2OS/c26-27-18-24-22-10-9-20(17-23(22)27)8-4-5-13-25-14-11-21(12-15-25)16-19-6-2-1-3-7-19/h1-3,6-7,9-10,17-18,21H,4-5,8,11-16H2. The Bertz CT molecular complexity index is 810. The van der Waals surface area contributed by atoms with Gasteiger partial charge >= 0.3 is 0 Å². The molecule has 0 spiro atoms. The zero-order valence-corrected chi connectivity index (χ0v) is 16.7. The van der Waals surface area contributed by atoms with Gasteiger partial charge in [-0.25, -0.2) is 9.20 Å². The number of nitrogens with zero attached hydrogens (tertiary/aromatic N) is 2. The fourth-order valence-corrected chi connectivity index (χ4v) is 5.09. The first-order valence-corrected chi connectivity index (χ1v) is 11.3. The second-order valence-electron chi connectivity index (χ2n) is 7.77. The summed E-state index contributed by atoms with van der Waals surface area (Å²) in [6.07, 6.45) is 7.38. The van der Waals surface area contributed by atoms with E-state index < -0.39 is 10.8 Å². The molecule has 4 rings (SSSR count). The van der Waals surface area contributed by atoms with Crippen molar-refractivity contribution >= 4 is 22.0 Å². The van der Waals surface area contributed by atoms with Gasteiger partial charge in [0.05, 0.1) is 26.9 Å². The van der Waals surface area contributed by atoms with Crippen molar-refractivity contribution in [2.24, 2.45) is 10.9 Å². The van der Waals surface area contributed by atoms with Gasteiger partial charge in [-0.1, -0.05) is 36.4 Å². The van der Waals surface area contributed by atoms with Crippen molar-refractivity contribution in [1.82, 2.24) is 4.90 Å². The van der Waals surface area contributed by atoms with E-state index in [4.69, 9.17) is 0 Å². The summed E-state index contributed by atoms with van der Waals surface area (Å²) in [5.41, 5.74) is 5.18. The lowest BCUT2D eigenvalue weighted by Gasteiger charge is -2.32. The van der Waals surface area contributed by atoms with Gasteiger partial charge in [0, 0.05) is 0 Å². The Morgan fingerprint density at radius 1 is 1.00 bits per heavy atom. The second kappa shape index (κ2) is 8.94. The molecule has 142 valence electrons. The predicted octanol–water partition coefficient (Wildman–Crippen LogP) is 4.75. The average molecular weight is 381 g/mol. The van der Waals surface area contributed by atoms with E-state index >= 15 is 0 Å². The molecule has 4 heteroatoms. The van der Waals surface area contributed by atoms with E-state index in [2.05, 4.69) is 52.4 Å². The minimum Gasteiger partial charge on any atom is -0.303 e. The number of fused-ring (bicyclic) bond motifs is 1. The molecule has 2 aliphatic rings. The van der Waals surface area contributed by atoms with Crippen LogP contribution >= 0.6 is 0 Å². The van der Waals surface area contributed by atoms with Crippen molar-refractivity contribution in [3.63, 3.8) is 0 Å². The first kappa shape index (κ1) is 18.6. The first-order valence-electron chi connectivity index (χ1n) is 10.1. The summed E-state index contributed by atoms with van der Waals surface area (Å²) in [7, 11) is -1.04. The van der Waals surface area contributed by atoms with Crippen molar-refractivity contribution < 1.29 is 4.21 Å². The zero-order chi connectivity index (χ0) is 18.5. The highest BCUT2D eigenvalue weighted by Crippen LogP contribution is 2.28. The average Bonchev–Trinajstić information content (AvgIpc) is 3.08. The third-order valence-corrected chi connectivity index (χ3v) is 6.85. The Morgan fingerprint density at radius 2 is 1.81 bits per heavy atom. The maximum Gasteiger partial charge on any atom is 0.0984 e. The Kier molecular flexibility index (Phi) is 6.15. The van der Waals surface area contributed by atoms with Crippen molar-refractivity contribution in [3.05, 3.63) is 59.7 Å². The van der Waals surface area contributed by atoms with E-state index in [-0.39, 0.29) is 0 Å². The van der Waals surface area contributed by atoms with E-state index in [0.717, 1.165) is 22.9 Å². The van der Waals surface area contributed by atoms with Gasteiger partial charge in [0.1, 0.15) is 0 Å². The van der Waals surface area contributed by atoms with Gasteiger partial charge in [0.2, 0.25) is 0 Å². The minimum atomic E-state index is -1.04. The van der Waals surface area contributed by atoms with Crippen molar-refractivity contribution in [3.8, 4) is 0 Å². The summed E-state index contributed by atoms with van der Waals surface area (Å²) in [6, 6.07) is 17.1. The molecule has 3 nitrogen and oxygen atoms in total. The molecule has 0 N–H and O–H groups in total. The SMILES string of the molecule is O=S1C=Nc2ccc(CCCCN3CCC(Cc4ccccc4)CC3)cc21. The fourth-order valence-electron chi connectivity index (χ4n) is 4.17. The number of hydrogen-bond donors (Lipinski definition) is 0. The van der Waals surface area contributed by atoms with Crippen LogP contribution < -0.4 is 0 Å². The molecule has 0 aromatic heterocycles. The minimum absolute atomic E-state index is 0.846. The van der Waals surface area contributed by atoms with Crippen LogP contribution in [0.3, 0.4) is 0 Å². The number of likely N-dealkylation sites (tertiary alicyclic amines) is 1. The van der Waals surface area contributed by atoms with Crippen LogP contribution in [0.15, 0.2) is 58.4 Å². The normalized spacial score (nSPS) is 20.1. The Balaban J connectivity index is 1.15. The third kappa shape index (κ3) is 4.94. The van der Waals surface area contributed by atoms with Crippen LogP contribution in [0, 0.1) is 5.92 Å². The molecule has 0 amide bonds. The second-order valence-corrected chi connectivity index (χ2v) is 9.01. The smallest absolute Gasteiger partial charge is 0.0984 e. The molecule has 1 unspecified atom stereocenters. The van der Waals surface area contributed by atoms with Gasteiger partial charge in [0.15, 0.2) is 0 Å². The molecule has 0 aliphatic carbocycles. The van der Waals surface area contributed by atoms with Crippen LogP contribution in [0.4, 0.5) is 5.69 Å². The number of unbranched alkanes of at least 4 members (excludes halogenated alkanes) is 1. The molecule has 1 fully saturated rings. The van der Waals surface area contributed by atoms with Gasteiger partial charge in [0.25, 0.3) is 0 Å². The van der Waals surface area contributed by atoms with E-state index in [1.807, 2.05) is 6.07 Å². The lowest BCUT2D eigenvalue weighted by atomic mass is 9.90. The molecule has 0 radical (unpaired) electrons. The number of rotatable bonds is 7. The van der Waals surface area contributed by atoms with E-state index in [9.17, 15) is 4.21 Å². The van der Waals surface area contributed by atoms with Gasteiger partial charge in [-0.3, -0.25) is 0 Å². The first-order chi connectivity index (χ1) is 13.3. The fraction of sp³-hybridized carbons (Fsp3) is 0.435. The lowest BCUT2D eigenvalue weighted by molar-refractivity contribution is 0.181. The van der Waals surface area contributed by atoms with Gasteiger partial charge in [-0.2, -0.15) is 0 Å². The van der Waals surface area contributed by atoms with E-state index in [1.54, 1.807) is 0 Å². The summed E-state index contributed by atoms with van der Waals surface area (Å²) < 4.78 is 11.9. The van der Waals surface area contributed by atoms with E-state index in [0.29, 0.717) is 0 Å². The van der Waals surface area contributed by atoms with Crippen molar-refractivity contribution in [1.29, 1.82) is 0 Å². The van der Waals surface area contributed by atoms with Crippen LogP contribution in [-0.4, -0.2) is 34.3 Å². The molecular formula is C23H28N2OS. The van der Waals surface area contributed by atoms with Crippen LogP contribution in [0.5, 0.6) is 0 Å². The monoisotopic (exact) mass is 380 g/mol. The highest BCUT2D eigenvalue weighted by atomic mass is 32.2. The van der Waals surface area contributed by atoms with Gasteiger partial charge < -0.3 is 4.90 Å². The molecule has 0 saturated carbocycles. The lowest BCUT2D eigenvalue weighted by Crippen LogP contribution is -2.35. The molecular weight excluding hydrogens is 352 g/mol. The molecule has 1 saturated heterocycles. The highest BCUT2D eigenvalue weighted by Gasteiger charge is 2.19. The number of benzene rings is 2. The van der Waals surface area contributed by atoms with E-state index in [1.165, 1.54) is 68.4 Å². The number of aliphatic imine (C=N–C) groups is 1. The summed E-state index contributed by atoms with van der Waals surface area (Å²) in [4.78, 5) is 7.69. The number of aryl methyl sites for hydroxylation is 1. The van der Waals surface area contributed by atoms with Crippen LogP contribution in [0.1, 0.15) is 36.8 Å². The Labute approximate surface area is 165 Å². The summed E-state index contributed by atoms with van der Waals surface area (Å²) in [5, 5.41) is 0. The topological polar surface area (TPSA) is 32.7 Å². The highest BCUT2D eigenvalue weighted by molar-refractivity contribution is 7.99. The van der Waals surface area contributed by atoms with Crippen LogP contribution in [0.2, 0.25) is 0 Å². The summed E-state index contributed by atoms with van der Waals surface area (Å²) in [6.45, 7) is 3.69. The largest absolute Gasteiger partial charge is 0.303 e. The van der Waals surface area contributed by atoms with Crippen molar-refractivity contribution in [2.45, 2.75) is 43.4 Å². The molecule has 2 heterocycles. The number of piperidine rings is 1. The Morgan fingerprint density at radius 3 is 2.63 bits per heavy atom. The molecule has 2 aromatic rings. The quantitative estimate of drug-likeness (QED) is 0.650. The molecule has 2 aromatic carbocycles. The van der Waals surface area contributed by atoms with Gasteiger partial charge in [-0.15, -0.1) is 0 Å². The molecule has 27 heavy (non-hydrogen) atoms. The number of hydrogen-bond acceptors (Lipinski definition) is 3. The predicted molar refractivity (Wildman–Crippen MR) is 113 cm³/mol. The third-order valence-electron chi connectivity index (χ3n) is 5.79. The molecule has 1 atom stereocenters. The zero-order valence-electron chi connectivity index (χ0n) is 15.8. The maximum absolute atomic E-state index is 11.9. The molecule has 0 bridgehead atoms. The maximum atomic E-state index is 11.9. The molecule has 2 aliphatic heterocycles. The van der Waals surface area contributed by atoms with Crippen molar-refractivity contribution in [2.75, 3.05) is 19.6 Å².